The van der Waals surface area contributed by atoms with Gasteiger partial charge in [-0.2, -0.15) is 0 Å². The van der Waals surface area contributed by atoms with Crippen molar-refractivity contribution in [3.05, 3.63) is 33.8 Å². The molecule has 0 saturated heterocycles. The molecule has 4 heteroatoms. The summed E-state index contributed by atoms with van der Waals surface area (Å²) in [5.74, 6) is -0.0870. The van der Waals surface area contributed by atoms with E-state index in [4.69, 9.17) is 23.2 Å². The van der Waals surface area contributed by atoms with E-state index < -0.39 is 0 Å². The number of halogens is 2. The van der Waals surface area contributed by atoms with Crippen LogP contribution in [-0.4, -0.2) is 5.91 Å². The molecule has 0 radical (unpaired) electrons. The summed E-state index contributed by atoms with van der Waals surface area (Å²) in [5.41, 5.74) is 0.823. The number of hydrogen-bond donors (Lipinski definition) is 1. The molecule has 1 aromatic rings. The van der Waals surface area contributed by atoms with Gasteiger partial charge in [-0.05, 0) is 23.8 Å². The zero-order valence-electron chi connectivity index (χ0n) is 7.10. The van der Waals surface area contributed by atoms with Gasteiger partial charge in [-0.1, -0.05) is 23.2 Å². The minimum atomic E-state index is -0.0870. The summed E-state index contributed by atoms with van der Waals surface area (Å²) in [5, 5.41) is 3.87. The van der Waals surface area contributed by atoms with Crippen molar-refractivity contribution in [3.8, 4) is 0 Å². The molecule has 0 heterocycles. The number of carbonyl (C=O) groups is 1. The average molecular weight is 218 g/mol. The van der Waals surface area contributed by atoms with Gasteiger partial charge >= 0.3 is 0 Å². The summed E-state index contributed by atoms with van der Waals surface area (Å²) in [6.07, 6.45) is 0. The van der Waals surface area contributed by atoms with Crippen LogP contribution in [0, 0.1) is 0 Å². The van der Waals surface area contributed by atoms with Gasteiger partial charge in [0, 0.05) is 23.5 Å². The molecule has 0 spiro atoms. The van der Waals surface area contributed by atoms with Crippen molar-refractivity contribution >= 4 is 29.1 Å². The maximum atomic E-state index is 10.6. The highest BCUT2D eigenvalue weighted by atomic mass is 35.5. The summed E-state index contributed by atoms with van der Waals surface area (Å²) in [6, 6.07) is 5.15. The normalized spacial score (nSPS) is 9.77. The van der Waals surface area contributed by atoms with Gasteiger partial charge in [-0.25, -0.2) is 0 Å². The predicted octanol–water partition coefficient (Wildman–Crippen LogP) is 2.63. The Morgan fingerprint density at radius 2 is 2.15 bits per heavy atom. The number of carbonyl (C=O) groups excluding carboxylic acids is 1. The zero-order valence-corrected chi connectivity index (χ0v) is 8.62. The molecular formula is C9H9Cl2NO. The van der Waals surface area contributed by atoms with E-state index >= 15 is 0 Å². The van der Waals surface area contributed by atoms with Gasteiger partial charge in [0.15, 0.2) is 0 Å². The lowest BCUT2D eigenvalue weighted by atomic mass is 10.2. The summed E-state index contributed by atoms with van der Waals surface area (Å²) < 4.78 is 0. The summed E-state index contributed by atoms with van der Waals surface area (Å²) >= 11 is 11.6. The van der Waals surface area contributed by atoms with E-state index in [0.29, 0.717) is 16.6 Å². The SMILES string of the molecule is CC(=O)NCc1cc(Cl)ccc1Cl. The smallest absolute Gasteiger partial charge is 0.217 e. The molecule has 0 saturated carbocycles. The molecule has 70 valence electrons. The Hall–Kier alpha value is -0.730. The molecule has 2 nitrogen and oxygen atoms in total. The Bertz CT molecular complexity index is 325. The van der Waals surface area contributed by atoms with Gasteiger partial charge in [-0.15, -0.1) is 0 Å². The molecule has 0 atom stereocenters. The maximum Gasteiger partial charge on any atom is 0.217 e. The van der Waals surface area contributed by atoms with E-state index in [-0.39, 0.29) is 5.91 Å². The van der Waals surface area contributed by atoms with Crippen molar-refractivity contribution in [2.75, 3.05) is 0 Å². The number of nitrogens with one attached hydrogen (secondary N) is 1. The number of rotatable bonds is 2. The second kappa shape index (κ2) is 4.49. The lowest BCUT2D eigenvalue weighted by molar-refractivity contribution is -0.119. The van der Waals surface area contributed by atoms with Crippen LogP contribution in [0.5, 0.6) is 0 Å². The Labute approximate surface area is 86.8 Å². The fourth-order valence-electron chi connectivity index (χ4n) is 0.898. The van der Waals surface area contributed by atoms with Crippen LogP contribution in [-0.2, 0) is 11.3 Å². The van der Waals surface area contributed by atoms with Gasteiger partial charge in [0.05, 0.1) is 0 Å². The predicted molar refractivity (Wildman–Crippen MR) is 54.0 cm³/mol. The third-order valence-corrected chi connectivity index (χ3v) is 2.14. The van der Waals surface area contributed by atoms with Crippen molar-refractivity contribution in [2.45, 2.75) is 13.5 Å². The molecule has 1 amide bonds. The second-order valence-corrected chi connectivity index (χ2v) is 3.49. The van der Waals surface area contributed by atoms with E-state index in [9.17, 15) is 4.79 Å². The van der Waals surface area contributed by atoms with Crippen molar-refractivity contribution in [1.29, 1.82) is 0 Å². The van der Waals surface area contributed by atoms with Crippen LogP contribution in [0.15, 0.2) is 18.2 Å². The monoisotopic (exact) mass is 217 g/mol. The minimum absolute atomic E-state index is 0.0870. The van der Waals surface area contributed by atoms with Gasteiger partial charge < -0.3 is 5.32 Å². The molecule has 1 aromatic carbocycles. The van der Waals surface area contributed by atoms with Crippen LogP contribution in [0.3, 0.4) is 0 Å². The van der Waals surface area contributed by atoms with E-state index in [1.54, 1.807) is 18.2 Å². The van der Waals surface area contributed by atoms with Gasteiger partial charge in [0.25, 0.3) is 0 Å². The fourth-order valence-corrected chi connectivity index (χ4v) is 1.28. The van der Waals surface area contributed by atoms with Crippen LogP contribution in [0.4, 0.5) is 0 Å². The average Bonchev–Trinajstić information content (AvgIpc) is 2.06. The molecule has 0 aliphatic heterocycles. The Kier molecular flexibility index (Phi) is 3.58. The quantitative estimate of drug-likeness (QED) is 0.812. The van der Waals surface area contributed by atoms with Crippen LogP contribution < -0.4 is 5.32 Å². The van der Waals surface area contributed by atoms with Gasteiger partial charge in [0.1, 0.15) is 0 Å². The van der Waals surface area contributed by atoms with E-state index in [2.05, 4.69) is 5.32 Å². The highest BCUT2D eigenvalue weighted by molar-refractivity contribution is 6.33. The molecule has 0 aliphatic rings. The molecular weight excluding hydrogens is 209 g/mol. The third kappa shape index (κ3) is 3.25. The molecule has 0 fully saturated rings. The molecule has 0 bridgehead atoms. The van der Waals surface area contributed by atoms with Crippen molar-refractivity contribution in [3.63, 3.8) is 0 Å². The minimum Gasteiger partial charge on any atom is -0.352 e. The molecule has 0 aromatic heterocycles. The number of hydrogen-bond acceptors (Lipinski definition) is 1. The van der Waals surface area contributed by atoms with Crippen LogP contribution in [0.25, 0.3) is 0 Å². The van der Waals surface area contributed by atoms with E-state index in [1.807, 2.05) is 0 Å². The first kappa shape index (κ1) is 10.4. The van der Waals surface area contributed by atoms with Gasteiger partial charge in [-0.3, -0.25) is 4.79 Å². The maximum absolute atomic E-state index is 10.6. The molecule has 0 unspecified atom stereocenters. The fraction of sp³-hybridized carbons (Fsp3) is 0.222. The topological polar surface area (TPSA) is 29.1 Å². The summed E-state index contributed by atoms with van der Waals surface area (Å²) in [4.78, 5) is 10.6. The van der Waals surface area contributed by atoms with Crippen LogP contribution in [0.2, 0.25) is 10.0 Å². The largest absolute Gasteiger partial charge is 0.352 e. The van der Waals surface area contributed by atoms with Gasteiger partial charge in [0.2, 0.25) is 5.91 Å². The van der Waals surface area contributed by atoms with Crippen LogP contribution >= 0.6 is 23.2 Å². The molecule has 0 aliphatic carbocycles. The van der Waals surface area contributed by atoms with Crippen LogP contribution in [0.1, 0.15) is 12.5 Å². The first-order valence-corrected chi connectivity index (χ1v) is 4.53. The standard InChI is InChI=1S/C9H9Cl2NO/c1-6(13)12-5-7-4-8(10)2-3-9(7)11/h2-4H,5H2,1H3,(H,12,13). The molecule has 1 rings (SSSR count). The Balaban J connectivity index is 2.75. The van der Waals surface area contributed by atoms with Crippen molar-refractivity contribution in [1.82, 2.24) is 5.32 Å². The molecule has 1 N–H and O–H groups in total. The summed E-state index contributed by atoms with van der Waals surface area (Å²) in [7, 11) is 0. The first-order valence-electron chi connectivity index (χ1n) is 3.78. The van der Waals surface area contributed by atoms with Crippen molar-refractivity contribution in [2.24, 2.45) is 0 Å². The number of amides is 1. The number of benzene rings is 1. The Morgan fingerprint density at radius 1 is 1.46 bits per heavy atom. The van der Waals surface area contributed by atoms with E-state index in [1.165, 1.54) is 6.92 Å². The second-order valence-electron chi connectivity index (χ2n) is 2.65. The highest BCUT2D eigenvalue weighted by Gasteiger charge is 2.01. The lowest BCUT2D eigenvalue weighted by Crippen LogP contribution is -2.19. The zero-order chi connectivity index (χ0) is 9.84. The van der Waals surface area contributed by atoms with E-state index in [0.717, 1.165) is 5.56 Å². The highest BCUT2D eigenvalue weighted by Crippen LogP contribution is 2.20. The van der Waals surface area contributed by atoms with Crippen molar-refractivity contribution < 1.29 is 4.79 Å². The third-order valence-electron chi connectivity index (χ3n) is 1.54. The summed E-state index contributed by atoms with van der Waals surface area (Å²) in [6.45, 7) is 1.87. The molecule has 13 heavy (non-hydrogen) atoms. The Morgan fingerprint density at radius 3 is 2.77 bits per heavy atom. The first-order chi connectivity index (χ1) is 6.09. The lowest BCUT2D eigenvalue weighted by Gasteiger charge is -2.04.